The molecule has 1 aromatic heterocycles. The lowest BCUT2D eigenvalue weighted by molar-refractivity contribution is 0.402. The van der Waals surface area contributed by atoms with Gasteiger partial charge in [-0.25, -0.2) is 8.42 Å². The topological polar surface area (TPSA) is 84.4 Å². The number of aromatic nitrogens is 2. The number of hydrogen-bond acceptors (Lipinski definition) is 6. The van der Waals surface area contributed by atoms with E-state index in [2.05, 4.69) is 26.7 Å². The number of anilines is 2. The number of methoxy groups -OCH3 is 1. The van der Waals surface area contributed by atoms with Gasteiger partial charge >= 0.3 is 0 Å². The molecular weight excluding hydrogens is 364 g/mol. The first-order valence-corrected chi connectivity index (χ1v) is 10.7. The molecule has 1 fully saturated rings. The van der Waals surface area contributed by atoms with Crippen molar-refractivity contribution in [2.24, 2.45) is 0 Å². The first kappa shape index (κ1) is 19.4. The molecule has 0 aliphatic carbocycles. The van der Waals surface area contributed by atoms with E-state index in [9.17, 15) is 8.42 Å². The molecule has 1 atom stereocenters. The summed E-state index contributed by atoms with van der Waals surface area (Å²) < 4.78 is 33.2. The average molecular weight is 391 g/mol. The molecule has 0 amide bonds. The lowest BCUT2D eigenvalue weighted by Gasteiger charge is -2.35. The first-order valence-electron chi connectivity index (χ1n) is 9.22. The van der Waals surface area contributed by atoms with Crippen molar-refractivity contribution in [3.05, 3.63) is 35.9 Å². The minimum absolute atomic E-state index is 0.0814. The van der Waals surface area contributed by atoms with Crippen molar-refractivity contribution in [2.45, 2.75) is 50.5 Å². The number of nitrogens with zero attached hydrogens (tertiary/aromatic N) is 3. The summed E-state index contributed by atoms with van der Waals surface area (Å²) in [6.07, 6.45) is 4.58. The second-order valence-corrected chi connectivity index (χ2v) is 8.44. The Bertz CT molecular complexity index is 884. The minimum atomic E-state index is -3.82. The summed E-state index contributed by atoms with van der Waals surface area (Å²) in [4.78, 5) is 2.34. The zero-order chi connectivity index (χ0) is 19.4. The summed E-state index contributed by atoms with van der Waals surface area (Å²) in [7, 11) is -2.38. The van der Waals surface area contributed by atoms with Crippen LogP contribution in [0.5, 0.6) is 5.75 Å². The maximum absolute atomic E-state index is 12.7. The van der Waals surface area contributed by atoms with E-state index in [1.807, 2.05) is 13.0 Å². The third-order valence-electron chi connectivity index (χ3n) is 4.89. The van der Waals surface area contributed by atoms with Crippen molar-refractivity contribution < 1.29 is 13.2 Å². The van der Waals surface area contributed by atoms with Gasteiger partial charge in [-0.15, -0.1) is 10.2 Å². The van der Waals surface area contributed by atoms with E-state index in [0.717, 1.165) is 37.2 Å². The Balaban J connectivity index is 1.81. The van der Waals surface area contributed by atoms with Crippen LogP contribution < -0.4 is 14.4 Å². The fraction of sp³-hybridized carbons (Fsp3) is 0.474. The summed E-state index contributed by atoms with van der Waals surface area (Å²) in [6, 6.07) is 8.96. The quantitative estimate of drug-likeness (QED) is 0.814. The van der Waals surface area contributed by atoms with E-state index in [1.54, 1.807) is 24.3 Å². The molecule has 0 spiro atoms. The second-order valence-electron chi connectivity index (χ2n) is 6.79. The van der Waals surface area contributed by atoms with E-state index >= 15 is 0 Å². The Morgan fingerprint density at radius 2 is 2.04 bits per heavy atom. The Hall–Kier alpha value is -2.35. The highest BCUT2D eigenvalue weighted by atomic mass is 32.2. The van der Waals surface area contributed by atoms with Crippen LogP contribution in [-0.2, 0) is 10.0 Å². The molecular formula is C19H26N4O3S. The van der Waals surface area contributed by atoms with Gasteiger partial charge in [0, 0.05) is 12.6 Å². The van der Waals surface area contributed by atoms with Crippen molar-refractivity contribution in [3.8, 4) is 5.75 Å². The molecule has 1 aliphatic rings. The highest BCUT2D eigenvalue weighted by Crippen LogP contribution is 2.28. The van der Waals surface area contributed by atoms with Crippen LogP contribution in [0.3, 0.4) is 0 Å². The number of nitrogens with one attached hydrogen (secondary N) is 1. The summed E-state index contributed by atoms with van der Waals surface area (Å²) >= 11 is 0. The monoisotopic (exact) mass is 390 g/mol. The van der Waals surface area contributed by atoms with Gasteiger partial charge in [0.2, 0.25) is 0 Å². The van der Waals surface area contributed by atoms with Gasteiger partial charge in [0.25, 0.3) is 10.0 Å². The highest BCUT2D eigenvalue weighted by molar-refractivity contribution is 7.92. The molecule has 8 heteroatoms. The van der Waals surface area contributed by atoms with Crippen molar-refractivity contribution in [1.82, 2.24) is 10.2 Å². The molecule has 0 radical (unpaired) electrons. The molecule has 1 N–H and O–H groups in total. The molecule has 146 valence electrons. The predicted molar refractivity (Wildman–Crippen MR) is 106 cm³/mol. The van der Waals surface area contributed by atoms with Crippen LogP contribution in [0.15, 0.2) is 35.2 Å². The van der Waals surface area contributed by atoms with E-state index < -0.39 is 10.0 Å². The third kappa shape index (κ3) is 4.32. The molecule has 2 heterocycles. The summed E-state index contributed by atoms with van der Waals surface area (Å²) in [6.45, 7) is 4.96. The fourth-order valence-electron chi connectivity index (χ4n) is 3.45. The molecule has 1 saturated heterocycles. The van der Waals surface area contributed by atoms with Crippen LogP contribution in [-0.4, -0.2) is 38.3 Å². The van der Waals surface area contributed by atoms with E-state index in [4.69, 9.17) is 4.74 Å². The van der Waals surface area contributed by atoms with Crippen molar-refractivity contribution in [2.75, 3.05) is 23.3 Å². The highest BCUT2D eigenvalue weighted by Gasteiger charge is 2.23. The van der Waals surface area contributed by atoms with Gasteiger partial charge in [-0.1, -0.05) is 13.0 Å². The van der Waals surface area contributed by atoms with Gasteiger partial charge in [-0.05, 0) is 62.4 Å². The minimum Gasteiger partial charge on any atom is -0.495 e. The lowest BCUT2D eigenvalue weighted by atomic mass is 10.0. The number of hydrogen-bond donors (Lipinski definition) is 1. The van der Waals surface area contributed by atoms with E-state index in [0.29, 0.717) is 6.04 Å². The van der Waals surface area contributed by atoms with E-state index in [-0.39, 0.29) is 16.5 Å². The van der Waals surface area contributed by atoms with Gasteiger partial charge in [-0.2, -0.15) is 0 Å². The Kier molecular flexibility index (Phi) is 5.84. The molecule has 0 bridgehead atoms. The maximum atomic E-state index is 12.7. The number of rotatable bonds is 6. The van der Waals surface area contributed by atoms with Gasteiger partial charge < -0.3 is 9.64 Å². The number of sulfonamides is 1. The molecule has 27 heavy (non-hydrogen) atoms. The predicted octanol–water partition coefficient (Wildman–Crippen LogP) is 3.36. The van der Waals surface area contributed by atoms with E-state index in [1.165, 1.54) is 13.5 Å². The van der Waals surface area contributed by atoms with Crippen molar-refractivity contribution in [1.29, 1.82) is 0 Å². The Morgan fingerprint density at radius 1 is 1.22 bits per heavy atom. The first-order chi connectivity index (χ1) is 12.9. The zero-order valence-electron chi connectivity index (χ0n) is 16.0. The molecule has 7 nitrogen and oxygen atoms in total. The normalized spacial score (nSPS) is 17.6. The number of ether oxygens (including phenoxy) is 1. The third-order valence-corrected chi connectivity index (χ3v) is 6.27. The second kappa shape index (κ2) is 8.12. The van der Waals surface area contributed by atoms with Crippen LogP contribution in [0.2, 0.25) is 0 Å². The average Bonchev–Trinajstić information content (AvgIpc) is 2.68. The van der Waals surface area contributed by atoms with Crippen LogP contribution in [0.1, 0.15) is 38.2 Å². The van der Waals surface area contributed by atoms with Crippen LogP contribution in [0.4, 0.5) is 11.6 Å². The van der Waals surface area contributed by atoms with Crippen molar-refractivity contribution >= 4 is 21.7 Å². The van der Waals surface area contributed by atoms with Gasteiger partial charge in [0.05, 0.1) is 7.11 Å². The standard InChI is InChI=1S/C19H26N4O3S/c1-4-15-7-5-6-12-23(15)19-11-10-18(20-21-19)22-27(24,25)17-13-14(2)8-9-16(17)26-3/h8-11,13,15H,4-7,12H2,1-3H3,(H,20,22). The van der Waals surface area contributed by atoms with Gasteiger partial charge in [0.1, 0.15) is 10.6 Å². The zero-order valence-corrected chi connectivity index (χ0v) is 16.8. The Morgan fingerprint density at radius 3 is 2.70 bits per heavy atom. The number of piperidine rings is 1. The smallest absolute Gasteiger partial charge is 0.266 e. The summed E-state index contributed by atoms with van der Waals surface area (Å²) in [5.74, 6) is 1.27. The molecule has 1 unspecified atom stereocenters. The molecule has 1 aromatic carbocycles. The maximum Gasteiger partial charge on any atom is 0.266 e. The van der Waals surface area contributed by atoms with Gasteiger partial charge in [0.15, 0.2) is 11.6 Å². The van der Waals surface area contributed by atoms with Crippen LogP contribution in [0, 0.1) is 6.92 Å². The Labute approximate surface area is 160 Å². The number of aryl methyl sites for hydroxylation is 1. The van der Waals surface area contributed by atoms with Crippen molar-refractivity contribution in [3.63, 3.8) is 0 Å². The van der Waals surface area contributed by atoms with Crippen LogP contribution >= 0.6 is 0 Å². The largest absolute Gasteiger partial charge is 0.495 e. The summed E-state index contributed by atoms with van der Waals surface area (Å²) in [5.41, 5.74) is 0.827. The SMILES string of the molecule is CCC1CCCCN1c1ccc(NS(=O)(=O)c2cc(C)ccc2OC)nn1. The molecule has 2 aromatic rings. The molecule has 0 saturated carbocycles. The molecule has 3 rings (SSSR count). The lowest BCUT2D eigenvalue weighted by Crippen LogP contribution is -2.39. The van der Waals surface area contributed by atoms with Crippen LogP contribution in [0.25, 0.3) is 0 Å². The van der Waals surface area contributed by atoms with Gasteiger partial charge in [-0.3, -0.25) is 4.72 Å². The summed E-state index contributed by atoms with van der Waals surface area (Å²) in [5, 5.41) is 8.34. The fourth-order valence-corrected chi connectivity index (χ4v) is 4.70. The number of benzene rings is 1. The molecule has 1 aliphatic heterocycles.